The predicted octanol–water partition coefficient (Wildman–Crippen LogP) is 2.98. The minimum atomic E-state index is -0.152. The van der Waals surface area contributed by atoms with Crippen LogP contribution in [0.25, 0.3) is 10.9 Å². The van der Waals surface area contributed by atoms with Crippen molar-refractivity contribution in [2.24, 2.45) is 0 Å². The highest BCUT2D eigenvalue weighted by Crippen LogP contribution is 2.16. The molecule has 0 bridgehead atoms. The Hall–Kier alpha value is -2.79. The second-order valence-corrected chi connectivity index (χ2v) is 6.03. The van der Waals surface area contributed by atoms with Crippen molar-refractivity contribution in [3.63, 3.8) is 0 Å². The van der Waals surface area contributed by atoms with Gasteiger partial charge in [-0.3, -0.25) is 9.59 Å². The number of carbonyl (C=O) groups excluding carboxylic acids is 1. The van der Waals surface area contributed by atoms with Crippen LogP contribution in [0.3, 0.4) is 0 Å². The monoisotopic (exact) mass is 356 g/mol. The molecular formula is C19H17ClN2O3. The van der Waals surface area contributed by atoms with Gasteiger partial charge in [0.2, 0.25) is 5.91 Å². The molecule has 1 N–H and O–H groups in total. The quantitative estimate of drug-likeness (QED) is 0.764. The van der Waals surface area contributed by atoms with E-state index in [9.17, 15) is 9.59 Å². The first-order valence-electron chi connectivity index (χ1n) is 7.75. The number of hydrogen-bond donors (Lipinski definition) is 1. The number of hydrogen-bond acceptors (Lipinski definition) is 3. The molecule has 0 aliphatic rings. The summed E-state index contributed by atoms with van der Waals surface area (Å²) in [6.45, 7) is 0.523. The average molecular weight is 357 g/mol. The third-order valence-corrected chi connectivity index (χ3v) is 4.14. The maximum Gasteiger partial charge on any atom is 0.240 e. The van der Waals surface area contributed by atoms with Gasteiger partial charge in [-0.25, -0.2) is 0 Å². The van der Waals surface area contributed by atoms with E-state index in [1.807, 2.05) is 24.3 Å². The van der Waals surface area contributed by atoms with Crippen LogP contribution in [0, 0.1) is 0 Å². The summed E-state index contributed by atoms with van der Waals surface area (Å²) in [6.07, 6.45) is 1.61. The summed E-state index contributed by atoms with van der Waals surface area (Å²) in [4.78, 5) is 24.2. The van der Waals surface area contributed by atoms with Gasteiger partial charge in [0.15, 0.2) is 5.43 Å². The molecule has 1 aromatic heterocycles. The van der Waals surface area contributed by atoms with Crippen molar-refractivity contribution >= 4 is 28.4 Å². The highest BCUT2D eigenvalue weighted by molar-refractivity contribution is 6.31. The van der Waals surface area contributed by atoms with Crippen LogP contribution >= 0.6 is 11.6 Å². The molecule has 6 heteroatoms. The van der Waals surface area contributed by atoms with Crippen molar-refractivity contribution in [3.05, 3.63) is 75.5 Å². The Morgan fingerprint density at radius 1 is 1.16 bits per heavy atom. The molecule has 0 radical (unpaired) electrons. The van der Waals surface area contributed by atoms with Crippen LogP contribution in [0.5, 0.6) is 5.75 Å². The minimum absolute atomic E-state index is 0.0958. The zero-order valence-corrected chi connectivity index (χ0v) is 14.4. The van der Waals surface area contributed by atoms with Crippen molar-refractivity contribution in [2.45, 2.75) is 13.1 Å². The lowest BCUT2D eigenvalue weighted by atomic mass is 10.2. The number of rotatable bonds is 5. The zero-order chi connectivity index (χ0) is 17.8. The molecule has 5 nitrogen and oxygen atoms in total. The first-order chi connectivity index (χ1) is 12.1. The number of halogens is 1. The van der Waals surface area contributed by atoms with Crippen LogP contribution in [0.1, 0.15) is 5.56 Å². The molecule has 3 rings (SSSR count). The fourth-order valence-electron chi connectivity index (χ4n) is 2.57. The lowest BCUT2D eigenvalue weighted by Gasteiger charge is -2.11. The van der Waals surface area contributed by atoms with Gasteiger partial charge in [-0.1, -0.05) is 23.7 Å². The van der Waals surface area contributed by atoms with Gasteiger partial charge >= 0.3 is 0 Å². The van der Waals surface area contributed by atoms with Crippen LogP contribution in [-0.4, -0.2) is 17.6 Å². The Balaban J connectivity index is 1.72. The van der Waals surface area contributed by atoms with Crippen molar-refractivity contribution in [2.75, 3.05) is 7.11 Å². The number of amides is 1. The number of carbonyl (C=O) groups is 1. The summed E-state index contributed by atoms with van der Waals surface area (Å²) >= 11 is 6.02. The van der Waals surface area contributed by atoms with Crippen LogP contribution in [0.15, 0.2) is 59.5 Å². The van der Waals surface area contributed by atoms with E-state index >= 15 is 0 Å². The number of nitrogens with one attached hydrogen (secondary N) is 1. The number of methoxy groups -OCH3 is 1. The molecule has 0 saturated heterocycles. The number of aromatic nitrogens is 1. The SMILES string of the molecule is COc1ccc(CNC(=O)Cn2ccc(=O)c3ccc(Cl)cc32)cc1. The Morgan fingerprint density at radius 2 is 1.92 bits per heavy atom. The van der Waals surface area contributed by atoms with E-state index in [-0.39, 0.29) is 17.9 Å². The Kier molecular flexibility index (Phi) is 5.05. The van der Waals surface area contributed by atoms with E-state index < -0.39 is 0 Å². The van der Waals surface area contributed by atoms with Crippen LogP contribution in [0.4, 0.5) is 0 Å². The molecule has 128 valence electrons. The first kappa shape index (κ1) is 17.0. The highest BCUT2D eigenvalue weighted by atomic mass is 35.5. The molecule has 0 spiro atoms. The van der Waals surface area contributed by atoms with Gasteiger partial charge < -0.3 is 14.6 Å². The summed E-state index contributed by atoms with van der Waals surface area (Å²) in [7, 11) is 1.61. The van der Waals surface area contributed by atoms with Crippen molar-refractivity contribution < 1.29 is 9.53 Å². The van der Waals surface area contributed by atoms with Crippen LogP contribution in [0.2, 0.25) is 5.02 Å². The molecule has 0 fully saturated rings. The summed E-state index contributed by atoms with van der Waals surface area (Å²) < 4.78 is 6.82. The Bertz CT molecular complexity index is 965. The fraction of sp³-hybridized carbons (Fsp3) is 0.158. The molecule has 2 aromatic carbocycles. The van der Waals surface area contributed by atoms with Gasteiger partial charge in [-0.15, -0.1) is 0 Å². The molecule has 1 heterocycles. The molecule has 0 saturated carbocycles. The number of nitrogens with zero attached hydrogens (tertiary/aromatic N) is 1. The maximum absolute atomic E-state index is 12.3. The van der Waals surface area contributed by atoms with Gasteiger partial charge in [0.1, 0.15) is 12.3 Å². The third kappa shape index (κ3) is 4.00. The van der Waals surface area contributed by atoms with Crippen LogP contribution in [-0.2, 0) is 17.9 Å². The third-order valence-electron chi connectivity index (χ3n) is 3.90. The van der Waals surface area contributed by atoms with E-state index in [0.717, 1.165) is 11.3 Å². The molecule has 3 aromatic rings. The van der Waals surface area contributed by atoms with E-state index in [4.69, 9.17) is 16.3 Å². The summed E-state index contributed by atoms with van der Waals surface area (Å²) in [5.41, 5.74) is 1.52. The minimum Gasteiger partial charge on any atom is -0.497 e. The van der Waals surface area contributed by atoms with Gasteiger partial charge in [-0.05, 0) is 35.9 Å². The Labute approximate surface area is 149 Å². The summed E-state index contributed by atoms with van der Waals surface area (Å²) in [5, 5.41) is 3.92. The van der Waals surface area contributed by atoms with Gasteiger partial charge in [0, 0.05) is 29.2 Å². The lowest BCUT2D eigenvalue weighted by molar-refractivity contribution is -0.121. The lowest BCUT2D eigenvalue weighted by Crippen LogP contribution is -2.27. The van der Waals surface area contributed by atoms with Crippen molar-refractivity contribution in [1.29, 1.82) is 0 Å². The molecular weight excluding hydrogens is 340 g/mol. The molecule has 1 amide bonds. The summed E-state index contributed by atoms with van der Waals surface area (Å²) in [6, 6.07) is 14.0. The number of ether oxygens (including phenoxy) is 1. The van der Waals surface area contributed by atoms with E-state index in [2.05, 4.69) is 5.32 Å². The first-order valence-corrected chi connectivity index (χ1v) is 8.13. The number of pyridine rings is 1. The molecule has 0 atom stereocenters. The van der Waals surface area contributed by atoms with Gasteiger partial charge in [-0.2, -0.15) is 0 Å². The normalized spacial score (nSPS) is 10.6. The van der Waals surface area contributed by atoms with E-state index in [0.29, 0.717) is 22.5 Å². The molecule has 25 heavy (non-hydrogen) atoms. The van der Waals surface area contributed by atoms with Gasteiger partial charge in [0.25, 0.3) is 0 Å². The number of fused-ring (bicyclic) bond motifs is 1. The highest BCUT2D eigenvalue weighted by Gasteiger charge is 2.08. The fourth-order valence-corrected chi connectivity index (χ4v) is 2.74. The smallest absolute Gasteiger partial charge is 0.240 e. The molecule has 0 unspecified atom stereocenters. The van der Waals surface area contributed by atoms with Crippen LogP contribution < -0.4 is 15.5 Å². The Morgan fingerprint density at radius 3 is 2.64 bits per heavy atom. The standard InChI is InChI=1S/C19H17ClN2O3/c1-25-15-5-2-13(3-6-15)11-21-19(24)12-22-9-8-18(23)16-7-4-14(20)10-17(16)22/h2-10H,11-12H2,1H3,(H,21,24). The average Bonchev–Trinajstić information content (AvgIpc) is 2.63. The number of benzene rings is 2. The molecule has 0 aliphatic heterocycles. The second-order valence-electron chi connectivity index (χ2n) is 5.59. The van der Waals surface area contributed by atoms with E-state index in [1.54, 1.807) is 36.1 Å². The van der Waals surface area contributed by atoms with Crippen molar-refractivity contribution in [3.8, 4) is 5.75 Å². The maximum atomic E-state index is 12.3. The van der Waals surface area contributed by atoms with Crippen molar-refractivity contribution in [1.82, 2.24) is 9.88 Å². The summed E-state index contributed by atoms with van der Waals surface area (Å²) in [5.74, 6) is 0.618. The van der Waals surface area contributed by atoms with Gasteiger partial charge in [0.05, 0.1) is 12.6 Å². The second kappa shape index (κ2) is 7.40. The topological polar surface area (TPSA) is 60.3 Å². The van der Waals surface area contributed by atoms with E-state index in [1.165, 1.54) is 6.07 Å². The zero-order valence-electron chi connectivity index (χ0n) is 13.7. The predicted molar refractivity (Wildman–Crippen MR) is 98.1 cm³/mol. The largest absolute Gasteiger partial charge is 0.497 e. The molecule has 0 aliphatic carbocycles.